The van der Waals surface area contributed by atoms with Crippen LogP contribution in [-0.2, 0) is 4.74 Å². The molecule has 1 N–H and O–H groups in total. The first-order valence-electron chi connectivity index (χ1n) is 9.20. The number of carbonyl (C=O) groups excluding carboxylic acids is 1. The molecule has 1 amide bonds. The fourth-order valence-corrected chi connectivity index (χ4v) is 3.24. The molecule has 3 aromatic rings. The molecule has 1 saturated heterocycles. The van der Waals surface area contributed by atoms with Crippen LogP contribution in [0.2, 0.25) is 0 Å². The molecule has 1 aliphatic heterocycles. The van der Waals surface area contributed by atoms with Crippen molar-refractivity contribution < 1.29 is 9.53 Å². The molecular weight excluding hydrogens is 342 g/mol. The fourth-order valence-electron chi connectivity index (χ4n) is 3.24. The molecule has 27 heavy (non-hydrogen) atoms. The van der Waals surface area contributed by atoms with E-state index in [9.17, 15) is 4.79 Å². The largest absolute Gasteiger partial charge is 0.378 e. The molecule has 0 aliphatic carbocycles. The summed E-state index contributed by atoms with van der Waals surface area (Å²) in [6, 6.07) is 11.5. The Morgan fingerprint density at radius 3 is 2.59 bits per heavy atom. The first-order chi connectivity index (χ1) is 13.1. The first kappa shape index (κ1) is 17.5. The van der Waals surface area contributed by atoms with E-state index in [1.54, 1.807) is 16.8 Å². The van der Waals surface area contributed by atoms with Crippen LogP contribution in [0.5, 0.6) is 0 Å². The molecule has 0 bridgehead atoms. The number of hydrogen-bond acceptors (Lipinski definition) is 5. The Morgan fingerprint density at radius 1 is 1.15 bits per heavy atom. The van der Waals surface area contributed by atoms with Gasteiger partial charge in [0.25, 0.3) is 5.91 Å². The van der Waals surface area contributed by atoms with Crippen molar-refractivity contribution in [3.63, 3.8) is 0 Å². The van der Waals surface area contributed by atoms with Crippen LogP contribution in [0.3, 0.4) is 0 Å². The predicted molar refractivity (Wildman–Crippen MR) is 105 cm³/mol. The van der Waals surface area contributed by atoms with Crippen LogP contribution in [-0.4, -0.2) is 46.8 Å². The Kier molecular flexibility index (Phi) is 4.77. The molecule has 140 valence electrons. The molecule has 0 spiro atoms. The highest BCUT2D eigenvalue weighted by molar-refractivity contribution is 6.03. The number of anilines is 2. The molecule has 0 unspecified atom stereocenters. The van der Waals surface area contributed by atoms with E-state index in [1.807, 2.05) is 30.3 Å². The number of aromatic nitrogens is 3. The lowest BCUT2D eigenvalue weighted by atomic mass is 10.1. The number of hydrogen-bond donors (Lipinski definition) is 1. The highest BCUT2D eigenvalue weighted by Gasteiger charge is 2.15. The third-order valence-corrected chi connectivity index (χ3v) is 4.71. The number of ether oxygens (including phenoxy) is 1. The zero-order valence-corrected chi connectivity index (χ0v) is 15.6. The molecule has 0 radical (unpaired) electrons. The highest BCUT2D eigenvalue weighted by atomic mass is 16.5. The Hall–Kier alpha value is -2.93. The van der Waals surface area contributed by atoms with E-state index in [0.29, 0.717) is 11.3 Å². The number of fused-ring (bicyclic) bond motifs is 1. The van der Waals surface area contributed by atoms with E-state index in [2.05, 4.69) is 34.1 Å². The molecule has 2 aromatic heterocycles. The topological polar surface area (TPSA) is 71.8 Å². The minimum atomic E-state index is -0.222. The van der Waals surface area contributed by atoms with Gasteiger partial charge in [0, 0.05) is 36.2 Å². The van der Waals surface area contributed by atoms with E-state index in [4.69, 9.17) is 4.74 Å². The van der Waals surface area contributed by atoms with Gasteiger partial charge >= 0.3 is 0 Å². The predicted octanol–water partition coefficient (Wildman–Crippen LogP) is 2.94. The number of benzene rings is 1. The van der Waals surface area contributed by atoms with Gasteiger partial charge in [0.2, 0.25) is 0 Å². The lowest BCUT2D eigenvalue weighted by Crippen LogP contribution is -2.36. The first-order valence-corrected chi connectivity index (χ1v) is 9.20. The van der Waals surface area contributed by atoms with Crippen LogP contribution >= 0.6 is 0 Å². The SMILES string of the molecule is CC(C)c1cc(C(=O)Nc2ccc(N3CCOCC3)cc2)nc2ccnn12. The second kappa shape index (κ2) is 7.36. The maximum absolute atomic E-state index is 12.7. The maximum Gasteiger partial charge on any atom is 0.274 e. The Balaban J connectivity index is 1.52. The van der Waals surface area contributed by atoms with Gasteiger partial charge in [0.1, 0.15) is 5.69 Å². The quantitative estimate of drug-likeness (QED) is 0.770. The van der Waals surface area contributed by atoms with Crippen molar-refractivity contribution in [3.8, 4) is 0 Å². The normalized spacial score (nSPS) is 14.7. The average Bonchev–Trinajstić information content (AvgIpc) is 3.17. The average molecular weight is 365 g/mol. The smallest absolute Gasteiger partial charge is 0.274 e. The molecule has 1 fully saturated rings. The number of nitrogens with zero attached hydrogens (tertiary/aromatic N) is 4. The van der Waals surface area contributed by atoms with Crippen LogP contribution in [0.25, 0.3) is 5.65 Å². The van der Waals surface area contributed by atoms with Gasteiger partial charge in [-0.15, -0.1) is 0 Å². The lowest BCUT2D eigenvalue weighted by molar-refractivity contribution is 0.102. The van der Waals surface area contributed by atoms with Crippen LogP contribution in [0.1, 0.15) is 35.9 Å². The summed E-state index contributed by atoms with van der Waals surface area (Å²) in [5.74, 6) is 0.00878. The number of rotatable bonds is 4. The van der Waals surface area contributed by atoms with E-state index in [-0.39, 0.29) is 11.8 Å². The third-order valence-electron chi connectivity index (χ3n) is 4.71. The van der Waals surface area contributed by atoms with E-state index in [0.717, 1.165) is 43.4 Å². The second-order valence-electron chi connectivity index (χ2n) is 6.92. The van der Waals surface area contributed by atoms with E-state index >= 15 is 0 Å². The Labute approximate surface area is 158 Å². The summed E-state index contributed by atoms with van der Waals surface area (Å²) in [5.41, 5.74) is 3.91. The summed E-state index contributed by atoms with van der Waals surface area (Å²) < 4.78 is 7.16. The monoisotopic (exact) mass is 365 g/mol. The van der Waals surface area contributed by atoms with Crippen LogP contribution in [0.15, 0.2) is 42.6 Å². The molecule has 4 rings (SSSR count). The van der Waals surface area contributed by atoms with Crippen molar-refractivity contribution in [1.82, 2.24) is 14.6 Å². The van der Waals surface area contributed by atoms with Crippen molar-refractivity contribution in [2.75, 3.05) is 36.5 Å². The van der Waals surface area contributed by atoms with Crippen molar-refractivity contribution in [3.05, 3.63) is 54.0 Å². The summed E-state index contributed by atoms with van der Waals surface area (Å²) >= 11 is 0. The van der Waals surface area contributed by atoms with Gasteiger partial charge in [-0.25, -0.2) is 9.50 Å². The molecule has 7 heteroatoms. The summed E-state index contributed by atoms with van der Waals surface area (Å²) in [5, 5.41) is 7.22. The second-order valence-corrected chi connectivity index (χ2v) is 6.92. The lowest BCUT2D eigenvalue weighted by Gasteiger charge is -2.28. The summed E-state index contributed by atoms with van der Waals surface area (Å²) in [6.45, 7) is 7.42. The fraction of sp³-hybridized carbons (Fsp3) is 0.350. The number of morpholine rings is 1. The number of carbonyl (C=O) groups is 1. The Morgan fingerprint density at radius 2 is 1.89 bits per heavy atom. The molecule has 0 atom stereocenters. The third kappa shape index (κ3) is 3.64. The molecule has 0 saturated carbocycles. The molecule has 1 aliphatic rings. The van der Waals surface area contributed by atoms with Crippen LogP contribution in [0.4, 0.5) is 11.4 Å². The minimum absolute atomic E-state index is 0.222. The number of amides is 1. The minimum Gasteiger partial charge on any atom is -0.378 e. The molecule has 7 nitrogen and oxygen atoms in total. The highest BCUT2D eigenvalue weighted by Crippen LogP contribution is 2.21. The van der Waals surface area contributed by atoms with Gasteiger partial charge in [-0.2, -0.15) is 5.10 Å². The van der Waals surface area contributed by atoms with Gasteiger partial charge in [-0.1, -0.05) is 13.8 Å². The summed E-state index contributed by atoms with van der Waals surface area (Å²) in [6.07, 6.45) is 1.69. The summed E-state index contributed by atoms with van der Waals surface area (Å²) in [4.78, 5) is 19.4. The van der Waals surface area contributed by atoms with Gasteiger partial charge in [-0.3, -0.25) is 4.79 Å². The zero-order chi connectivity index (χ0) is 18.8. The van der Waals surface area contributed by atoms with Crippen molar-refractivity contribution in [2.24, 2.45) is 0 Å². The molecular formula is C20H23N5O2. The van der Waals surface area contributed by atoms with Crippen LogP contribution < -0.4 is 10.2 Å². The maximum atomic E-state index is 12.7. The molecule has 3 heterocycles. The zero-order valence-electron chi connectivity index (χ0n) is 15.6. The van der Waals surface area contributed by atoms with E-state index in [1.165, 1.54) is 0 Å². The van der Waals surface area contributed by atoms with Gasteiger partial charge in [-0.05, 0) is 36.2 Å². The van der Waals surface area contributed by atoms with E-state index < -0.39 is 0 Å². The van der Waals surface area contributed by atoms with Crippen LogP contribution in [0, 0.1) is 0 Å². The van der Waals surface area contributed by atoms with Gasteiger partial charge < -0.3 is 15.0 Å². The van der Waals surface area contributed by atoms with Gasteiger partial charge in [0.15, 0.2) is 5.65 Å². The number of nitrogens with one attached hydrogen (secondary N) is 1. The van der Waals surface area contributed by atoms with Crippen molar-refractivity contribution >= 4 is 22.9 Å². The van der Waals surface area contributed by atoms with Crippen molar-refractivity contribution in [1.29, 1.82) is 0 Å². The standard InChI is InChI=1S/C20H23N5O2/c1-14(2)18-13-17(23-19-7-8-21-25(18)19)20(26)22-15-3-5-16(6-4-15)24-9-11-27-12-10-24/h3-8,13-14H,9-12H2,1-2H3,(H,22,26). The molecule has 1 aromatic carbocycles. The van der Waals surface area contributed by atoms with Crippen molar-refractivity contribution in [2.45, 2.75) is 19.8 Å². The summed E-state index contributed by atoms with van der Waals surface area (Å²) in [7, 11) is 0. The Bertz CT molecular complexity index is 943. The van der Waals surface area contributed by atoms with Gasteiger partial charge in [0.05, 0.1) is 19.4 Å².